The molecule has 16 heavy (non-hydrogen) atoms. The van der Waals surface area contributed by atoms with Crippen LogP contribution < -0.4 is 0 Å². The molecule has 3 unspecified atom stereocenters. The van der Waals surface area contributed by atoms with Gasteiger partial charge >= 0.3 is 5.97 Å². The zero-order chi connectivity index (χ0) is 12.9. The first kappa shape index (κ1) is 15.3. The second-order valence-corrected chi connectivity index (χ2v) is 3.86. The van der Waals surface area contributed by atoms with Crippen molar-refractivity contribution in [1.82, 2.24) is 0 Å². The van der Waals surface area contributed by atoms with Crippen LogP contribution in [0, 0.1) is 0 Å². The number of aliphatic hydroxyl groups is 3. The van der Waals surface area contributed by atoms with Gasteiger partial charge in [0.25, 0.3) is 0 Å². The first-order chi connectivity index (χ1) is 7.31. The molecule has 0 aliphatic rings. The van der Waals surface area contributed by atoms with Crippen molar-refractivity contribution in [3.8, 4) is 0 Å². The Labute approximate surface area is 94.8 Å². The number of ether oxygens (including phenoxy) is 2. The fourth-order valence-corrected chi connectivity index (χ4v) is 1.14. The Bertz CT molecular complexity index is 215. The molecule has 0 saturated carbocycles. The van der Waals surface area contributed by atoms with E-state index in [2.05, 4.69) is 0 Å². The van der Waals surface area contributed by atoms with Crippen molar-refractivity contribution in [3.63, 3.8) is 0 Å². The van der Waals surface area contributed by atoms with Gasteiger partial charge in [-0.25, -0.2) is 4.79 Å². The Morgan fingerprint density at radius 1 is 1.06 bits per heavy atom. The van der Waals surface area contributed by atoms with Gasteiger partial charge in [0.1, 0.15) is 12.2 Å². The van der Waals surface area contributed by atoms with E-state index in [9.17, 15) is 15.0 Å². The normalized spacial score (nSPS) is 19.0. The van der Waals surface area contributed by atoms with Gasteiger partial charge in [-0.3, -0.25) is 0 Å². The maximum Gasteiger partial charge on any atom is 0.338 e. The third-order valence-corrected chi connectivity index (χ3v) is 1.99. The van der Waals surface area contributed by atoms with Gasteiger partial charge in [-0.1, -0.05) is 0 Å². The average Bonchev–Trinajstić information content (AvgIpc) is 2.16. The lowest BCUT2D eigenvalue weighted by atomic mass is 10.0. The summed E-state index contributed by atoms with van der Waals surface area (Å²) >= 11 is 0. The largest absolute Gasteiger partial charge is 0.461 e. The summed E-state index contributed by atoms with van der Waals surface area (Å²) in [6.07, 6.45) is -5.83. The van der Waals surface area contributed by atoms with Crippen molar-refractivity contribution in [2.24, 2.45) is 0 Å². The van der Waals surface area contributed by atoms with E-state index in [1.54, 1.807) is 13.8 Å². The SMILES string of the molecule is COC(C(=O)OC(C)C)C(O)C(O)[C@@H](C)O. The fourth-order valence-electron chi connectivity index (χ4n) is 1.14. The van der Waals surface area contributed by atoms with Crippen LogP contribution in [0.25, 0.3) is 0 Å². The second-order valence-electron chi connectivity index (χ2n) is 3.86. The Hall–Kier alpha value is -0.690. The van der Waals surface area contributed by atoms with Crippen molar-refractivity contribution in [2.75, 3.05) is 7.11 Å². The van der Waals surface area contributed by atoms with E-state index in [4.69, 9.17) is 14.6 Å². The number of carbonyl (C=O) groups excluding carboxylic acids is 1. The van der Waals surface area contributed by atoms with Crippen molar-refractivity contribution in [1.29, 1.82) is 0 Å². The fraction of sp³-hybridized carbons (Fsp3) is 0.900. The predicted molar refractivity (Wildman–Crippen MR) is 55.7 cm³/mol. The first-order valence-corrected chi connectivity index (χ1v) is 5.08. The monoisotopic (exact) mass is 236 g/mol. The summed E-state index contributed by atoms with van der Waals surface area (Å²) in [5.41, 5.74) is 0. The lowest BCUT2D eigenvalue weighted by molar-refractivity contribution is -0.175. The molecule has 4 atom stereocenters. The highest BCUT2D eigenvalue weighted by Gasteiger charge is 2.35. The number of carbonyl (C=O) groups is 1. The minimum absolute atomic E-state index is 0.346. The number of aliphatic hydroxyl groups excluding tert-OH is 3. The van der Waals surface area contributed by atoms with E-state index < -0.39 is 30.4 Å². The maximum atomic E-state index is 11.5. The standard InChI is InChI=1S/C10H20O6/c1-5(2)16-10(14)9(15-4)8(13)7(12)6(3)11/h5-9,11-13H,1-4H3/t6-,7?,8?,9?/m1/s1. The van der Waals surface area contributed by atoms with E-state index in [0.29, 0.717) is 0 Å². The van der Waals surface area contributed by atoms with Gasteiger partial charge in [-0.15, -0.1) is 0 Å². The van der Waals surface area contributed by atoms with Gasteiger partial charge in [0.2, 0.25) is 0 Å². The molecule has 0 radical (unpaired) electrons. The minimum atomic E-state index is -1.53. The van der Waals surface area contributed by atoms with Crippen LogP contribution in [0.4, 0.5) is 0 Å². The van der Waals surface area contributed by atoms with Crippen molar-refractivity contribution >= 4 is 5.97 Å². The quantitative estimate of drug-likeness (QED) is 0.515. The third-order valence-electron chi connectivity index (χ3n) is 1.99. The minimum Gasteiger partial charge on any atom is -0.461 e. The van der Waals surface area contributed by atoms with Crippen molar-refractivity contribution < 1.29 is 29.6 Å². The van der Waals surface area contributed by atoms with Crippen LogP contribution >= 0.6 is 0 Å². The van der Waals surface area contributed by atoms with E-state index in [-0.39, 0.29) is 6.10 Å². The van der Waals surface area contributed by atoms with Gasteiger partial charge in [0, 0.05) is 7.11 Å². The van der Waals surface area contributed by atoms with Crippen molar-refractivity contribution in [2.45, 2.75) is 51.3 Å². The number of hydrogen-bond donors (Lipinski definition) is 3. The molecule has 96 valence electrons. The molecule has 0 fully saturated rings. The highest BCUT2D eigenvalue weighted by Crippen LogP contribution is 2.10. The summed E-state index contributed by atoms with van der Waals surface area (Å²) in [5.74, 6) is -0.773. The van der Waals surface area contributed by atoms with Gasteiger partial charge < -0.3 is 24.8 Å². The van der Waals surface area contributed by atoms with Crippen LogP contribution in [-0.2, 0) is 14.3 Å². The molecule has 0 aromatic rings. The summed E-state index contributed by atoms with van der Waals surface area (Å²) in [6.45, 7) is 4.61. The Kier molecular flexibility index (Phi) is 6.51. The highest BCUT2D eigenvalue weighted by atomic mass is 16.6. The molecule has 3 N–H and O–H groups in total. The van der Waals surface area contributed by atoms with Gasteiger partial charge in [-0.05, 0) is 20.8 Å². The molecule has 0 aromatic carbocycles. The molecular weight excluding hydrogens is 216 g/mol. The zero-order valence-electron chi connectivity index (χ0n) is 9.95. The number of methoxy groups -OCH3 is 1. The summed E-state index contributed by atoms with van der Waals surface area (Å²) in [4.78, 5) is 11.5. The highest BCUT2D eigenvalue weighted by molar-refractivity contribution is 5.75. The summed E-state index contributed by atoms with van der Waals surface area (Å²) in [5, 5.41) is 28.1. The Balaban J connectivity index is 4.53. The summed E-state index contributed by atoms with van der Waals surface area (Å²) in [6, 6.07) is 0. The molecule has 0 heterocycles. The maximum absolute atomic E-state index is 11.5. The smallest absolute Gasteiger partial charge is 0.338 e. The molecule has 0 aliphatic carbocycles. The molecule has 0 saturated heterocycles. The van der Waals surface area contributed by atoms with Gasteiger partial charge in [-0.2, -0.15) is 0 Å². The first-order valence-electron chi connectivity index (χ1n) is 5.08. The van der Waals surface area contributed by atoms with Gasteiger partial charge in [0.05, 0.1) is 12.2 Å². The molecule has 0 aromatic heterocycles. The molecule has 0 spiro atoms. The van der Waals surface area contributed by atoms with Crippen LogP contribution in [0.5, 0.6) is 0 Å². The Morgan fingerprint density at radius 2 is 1.56 bits per heavy atom. The van der Waals surface area contributed by atoms with Crippen LogP contribution in [0.15, 0.2) is 0 Å². The summed E-state index contributed by atoms with van der Waals surface area (Å²) < 4.78 is 9.59. The molecule has 0 bridgehead atoms. The molecule has 0 rings (SSSR count). The zero-order valence-corrected chi connectivity index (χ0v) is 9.95. The van der Waals surface area contributed by atoms with Crippen LogP contribution in [0.2, 0.25) is 0 Å². The third kappa shape index (κ3) is 4.44. The van der Waals surface area contributed by atoms with Crippen molar-refractivity contribution in [3.05, 3.63) is 0 Å². The van der Waals surface area contributed by atoms with E-state index in [1.807, 2.05) is 0 Å². The lowest BCUT2D eigenvalue weighted by Crippen LogP contribution is -2.48. The molecule has 6 heteroatoms. The van der Waals surface area contributed by atoms with E-state index >= 15 is 0 Å². The van der Waals surface area contributed by atoms with E-state index in [0.717, 1.165) is 0 Å². The molecule has 0 aliphatic heterocycles. The molecule has 6 nitrogen and oxygen atoms in total. The topological polar surface area (TPSA) is 96.2 Å². The second kappa shape index (κ2) is 6.80. The predicted octanol–water partition coefficient (Wildman–Crippen LogP) is -0.944. The summed E-state index contributed by atoms with van der Waals surface area (Å²) in [7, 11) is 1.21. The number of hydrogen-bond acceptors (Lipinski definition) is 6. The van der Waals surface area contributed by atoms with Crippen LogP contribution in [0.3, 0.4) is 0 Å². The molecule has 0 amide bonds. The van der Waals surface area contributed by atoms with Crippen LogP contribution in [0.1, 0.15) is 20.8 Å². The lowest BCUT2D eigenvalue weighted by Gasteiger charge is -2.26. The Morgan fingerprint density at radius 3 is 1.88 bits per heavy atom. The van der Waals surface area contributed by atoms with Gasteiger partial charge in [0.15, 0.2) is 6.10 Å². The number of rotatable bonds is 6. The molecular formula is C10H20O6. The average molecular weight is 236 g/mol. The van der Waals surface area contributed by atoms with E-state index in [1.165, 1.54) is 14.0 Å². The van der Waals surface area contributed by atoms with Crippen LogP contribution in [-0.4, -0.2) is 58.9 Å². The number of esters is 1.